The van der Waals surface area contributed by atoms with Crippen LogP contribution in [0.1, 0.15) is 32.3 Å². The Morgan fingerprint density at radius 3 is 2.79 bits per heavy atom. The van der Waals surface area contributed by atoms with Crippen LogP contribution >= 0.6 is 0 Å². The molecule has 28 heavy (non-hydrogen) atoms. The highest BCUT2D eigenvalue weighted by atomic mass is 16.7. The summed E-state index contributed by atoms with van der Waals surface area (Å²) in [5.41, 5.74) is 0.718. The number of urea groups is 1. The molecule has 1 aromatic carbocycles. The zero-order valence-electron chi connectivity index (χ0n) is 15.9. The van der Waals surface area contributed by atoms with E-state index in [1.807, 2.05) is 13.8 Å². The van der Waals surface area contributed by atoms with Crippen molar-refractivity contribution in [1.82, 2.24) is 15.5 Å². The number of carbonyl (C=O) groups excluding carboxylic acids is 3. The first kappa shape index (κ1) is 19.9. The summed E-state index contributed by atoms with van der Waals surface area (Å²) in [7, 11) is 0. The van der Waals surface area contributed by atoms with Gasteiger partial charge in [-0.3, -0.25) is 14.5 Å². The number of amides is 4. The van der Waals surface area contributed by atoms with Crippen LogP contribution in [0, 0.1) is 5.92 Å². The van der Waals surface area contributed by atoms with Crippen LogP contribution in [0.5, 0.6) is 11.5 Å². The molecule has 9 nitrogen and oxygen atoms in total. The second-order valence-corrected chi connectivity index (χ2v) is 7.39. The Morgan fingerprint density at radius 2 is 2.07 bits per heavy atom. The van der Waals surface area contributed by atoms with Gasteiger partial charge in [-0.1, -0.05) is 19.9 Å². The third-order valence-corrected chi connectivity index (χ3v) is 4.62. The molecule has 9 heteroatoms. The Hall–Kier alpha value is -2.81. The summed E-state index contributed by atoms with van der Waals surface area (Å²) in [5, 5.41) is 14.6. The molecular weight excluding hydrogens is 366 g/mol. The van der Waals surface area contributed by atoms with Crippen LogP contribution in [0.2, 0.25) is 0 Å². The van der Waals surface area contributed by atoms with Gasteiger partial charge in [0.1, 0.15) is 6.04 Å². The molecule has 152 valence electrons. The first-order valence-electron chi connectivity index (χ1n) is 9.28. The highest BCUT2D eigenvalue weighted by molar-refractivity contribution is 6.05. The van der Waals surface area contributed by atoms with Crippen molar-refractivity contribution in [3.63, 3.8) is 0 Å². The number of imide groups is 1. The van der Waals surface area contributed by atoms with Crippen LogP contribution < -0.4 is 20.1 Å². The average Bonchev–Trinajstić information content (AvgIpc) is 3.20. The predicted molar refractivity (Wildman–Crippen MR) is 98.5 cm³/mol. The number of benzene rings is 1. The number of hydrogen-bond acceptors (Lipinski definition) is 6. The third kappa shape index (κ3) is 4.53. The van der Waals surface area contributed by atoms with E-state index in [1.54, 1.807) is 18.2 Å². The molecule has 0 unspecified atom stereocenters. The molecule has 0 bridgehead atoms. The Morgan fingerprint density at radius 1 is 1.32 bits per heavy atom. The number of nitrogens with one attached hydrogen (secondary N) is 2. The molecule has 4 amide bonds. The summed E-state index contributed by atoms with van der Waals surface area (Å²) in [6.45, 7) is 4.02. The molecule has 1 saturated heterocycles. The fourth-order valence-corrected chi connectivity index (χ4v) is 3.31. The number of carbonyl (C=O) groups is 3. The maximum atomic E-state index is 12.6. The van der Waals surface area contributed by atoms with E-state index < -0.39 is 18.0 Å². The highest BCUT2D eigenvalue weighted by Gasteiger charge is 2.39. The van der Waals surface area contributed by atoms with Crippen LogP contribution in [-0.4, -0.2) is 53.3 Å². The molecule has 2 atom stereocenters. The molecule has 2 aliphatic heterocycles. The number of rotatable bonds is 8. The molecule has 0 aliphatic carbocycles. The Labute approximate surface area is 163 Å². The van der Waals surface area contributed by atoms with Gasteiger partial charge in [-0.2, -0.15) is 0 Å². The van der Waals surface area contributed by atoms with Crippen molar-refractivity contribution < 1.29 is 29.0 Å². The predicted octanol–water partition coefficient (Wildman–Crippen LogP) is 0.749. The van der Waals surface area contributed by atoms with Gasteiger partial charge in [0.2, 0.25) is 12.7 Å². The molecule has 0 spiro atoms. The Balaban J connectivity index is 1.58. The largest absolute Gasteiger partial charge is 0.454 e. The Bertz CT molecular complexity index is 766. The van der Waals surface area contributed by atoms with Gasteiger partial charge in [0.15, 0.2) is 11.5 Å². The number of fused-ring (bicyclic) bond motifs is 1. The number of aliphatic hydroxyl groups excluding tert-OH is 1. The van der Waals surface area contributed by atoms with E-state index in [0.717, 1.165) is 10.5 Å². The molecule has 0 aromatic heterocycles. The summed E-state index contributed by atoms with van der Waals surface area (Å²) < 4.78 is 10.6. The molecular formula is C19H25N3O6. The fourth-order valence-electron chi connectivity index (χ4n) is 3.31. The summed E-state index contributed by atoms with van der Waals surface area (Å²) in [6, 6.07) is 3.38. The van der Waals surface area contributed by atoms with Gasteiger partial charge in [0.25, 0.3) is 5.91 Å². The zero-order valence-corrected chi connectivity index (χ0v) is 15.9. The summed E-state index contributed by atoms with van der Waals surface area (Å²) in [4.78, 5) is 38.1. The molecule has 2 aliphatic rings. The number of aliphatic hydroxyl groups is 1. The molecule has 1 fully saturated rings. The quantitative estimate of drug-likeness (QED) is 0.563. The van der Waals surface area contributed by atoms with E-state index in [2.05, 4.69) is 10.6 Å². The van der Waals surface area contributed by atoms with Crippen molar-refractivity contribution in [3.8, 4) is 11.5 Å². The minimum absolute atomic E-state index is 0.0754. The Kier molecular flexibility index (Phi) is 6.03. The number of hydrogen-bond donors (Lipinski definition) is 3. The summed E-state index contributed by atoms with van der Waals surface area (Å²) in [6.07, 6.45) is 0.459. The van der Waals surface area contributed by atoms with Crippen LogP contribution in [0.15, 0.2) is 18.2 Å². The van der Waals surface area contributed by atoms with Crippen LogP contribution in [0.25, 0.3) is 0 Å². The monoisotopic (exact) mass is 391 g/mol. The summed E-state index contributed by atoms with van der Waals surface area (Å²) >= 11 is 0. The maximum Gasteiger partial charge on any atom is 0.325 e. The van der Waals surface area contributed by atoms with Crippen molar-refractivity contribution >= 4 is 17.8 Å². The lowest BCUT2D eigenvalue weighted by Gasteiger charge is -2.19. The van der Waals surface area contributed by atoms with E-state index in [4.69, 9.17) is 9.47 Å². The lowest BCUT2D eigenvalue weighted by molar-refractivity contribution is -0.131. The van der Waals surface area contributed by atoms with E-state index in [-0.39, 0.29) is 38.3 Å². The van der Waals surface area contributed by atoms with Crippen LogP contribution in [0.3, 0.4) is 0 Å². The molecule has 0 radical (unpaired) electrons. The number of nitrogens with zero attached hydrogens (tertiary/aromatic N) is 1. The topological polar surface area (TPSA) is 117 Å². The normalized spacial score (nSPS) is 19.1. The van der Waals surface area contributed by atoms with Gasteiger partial charge in [0, 0.05) is 0 Å². The van der Waals surface area contributed by atoms with Gasteiger partial charge in [-0.25, -0.2) is 4.79 Å². The molecule has 3 rings (SSSR count). The van der Waals surface area contributed by atoms with Crippen molar-refractivity contribution in [1.29, 1.82) is 0 Å². The average molecular weight is 391 g/mol. The van der Waals surface area contributed by atoms with E-state index in [0.29, 0.717) is 23.8 Å². The fraction of sp³-hybridized carbons (Fsp3) is 0.526. The second-order valence-electron chi connectivity index (χ2n) is 7.39. The minimum atomic E-state index is -0.917. The van der Waals surface area contributed by atoms with Crippen molar-refractivity contribution in [3.05, 3.63) is 23.8 Å². The first-order valence-corrected chi connectivity index (χ1v) is 9.28. The van der Waals surface area contributed by atoms with Crippen molar-refractivity contribution in [2.24, 2.45) is 5.92 Å². The molecule has 2 heterocycles. The smallest absolute Gasteiger partial charge is 0.325 e. The van der Waals surface area contributed by atoms with E-state index in [1.165, 1.54) is 0 Å². The maximum absolute atomic E-state index is 12.6. The highest BCUT2D eigenvalue weighted by Crippen LogP contribution is 2.33. The lowest BCUT2D eigenvalue weighted by atomic mass is 10.0. The van der Waals surface area contributed by atoms with Gasteiger partial charge < -0.3 is 25.2 Å². The van der Waals surface area contributed by atoms with Gasteiger partial charge in [-0.15, -0.1) is 0 Å². The molecule has 3 N–H and O–H groups in total. The lowest BCUT2D eigenvalue weighted by Crippen LogP contribution is -2.42. The van der Waals surface area contributed by atoms with E-state index >= 15 is 0 Å². The standard InChI is InChI=1S/C19H25N3O6/c1-11(2)5-13(9-23)20-17(24)7-14-18(25)22(19(26)21-14)8-12-3-4-15-16(6-12)28-10-27-15/h3-4,6,11,13-14,23H,5,7-10H2,1-2H3,(H,20,24)(H,21,26)/t13-,14+/m1/s1. The first-order chi connectivity index (χ1) is 13.4. The van der Waals surface area contributed by atoms with Gasteiger partial charge >= 0.3 is 6.03 Å². The zero-order chi connectivity index (χ0) is 20.3. The van der Waals surface area contributed by atoms with Crippen molar-refractivity contribution in [2.75, 3.05) is 13.4 Å². The van der Waals surface area contributed by atoms with Gasteiger partial charge in [0.05, 0.1) is 25.6 Å². The van der Waals surface area contributed by atoms with Crippen LogP contribution in [0.4, 0.5) is 4.79 Å². The SMILES string of the molecule is CC(C)C[C@H](CO)NC(=O)C[C@@H]1NC(=O)N(Cc2ccc3c(c2)OCO3)C1=O. The van der Waals surface area contributed by atoms with E-state index in [9.17, 15) is 19.5 Å². The van der Waals surface area contributed by atoms with Crippen LogP contribution in [-0.2, 0) is 16.1 Å². The minimum Gasteiger partial charge on any atom is -0.454 e. The molecule has 1 aromatic rings. The molecule has 0 saturated carbocycles. The van der Waals surface area contributed by atoms with Crippen molar-refractivity contribution in [2.45, 2.75) is 45.3 Å². The van der Waals surface area contributed by atoms with Gasteiger partial charge in [-0.05, 0) is 30.0 Å². The summed E-state index contributed by atoms with van der Waals surface area (Å²) in [5.74, 6) is 0.656. The number of ether oxygens (including phenoxy) is 2. The third-order valence-electron chi connectivity index (χ3n) is 4.62. The second kappa shape index (κ2) is 8.47.